The first-order valence-corrected chi connectivity index (χ1v) is 6.96. The Labute approximate surface area is 131 Å². The van der Waals surface area contributed by atoms with Gasteiger partial charge in [-0.1, -0.05) is 6.07 Å². The number of hydrogen-bond donors (Lipinski definition) is 1. The van der Waals surface area contributed by atoms with E-state index in [0.29, 0.717) is 5.69 Å². The van der Waals surface area contributed by atoms with Crippen molar-refractivity contribution in [1.29, 1.82) is 0 Å². The van der Waals surface area contributed by atoms with Crippen LogP contribution in [0, 0.1) is 13.8 Å². The molecule has 124 valence electrons. The maximum Gasteiger partial charge on any atom is 0.433 e. The highest BCUT2D eigenvalue weighted by Gasteiger charge is 2.32. The van der Waals surface area contributed by atoms with E-state index in [9.17, 15) is 18.0 Å². The Bertz CT molecular complexity index is 737. The first kappa shape index (κ1) is 17.0. The second kappa shape index (κ2) is 6.02. The molecule has 0 aliphatic heterocycles. The summed E-state index contributed by atoms with van der Waals surface area (Å²) in [5.41, 5.74) is 1.26. The number of halogens is 3. The molecule has 0 bridgehead atoms. The molecule has 0 radical (unpaired) electrons. The Morgan fingerprint density at radius 3 is 2.48 bits per heavy atom. The minimum atomic E-state index is -4.55. The van der Waals surface area contributed by atoms with Crippen molar-refractivity contribution in [3.63, 3.8) is 0 Å². The first-order chi connectivity index (χ1) is 10.6. The Morgan fingerprint density at radius 1 is 1.30 bits per heavy atom. The molecule has 8 heteroatoms. The smallest absolute Gasteiger partial charge is 0.310 e. The van der Waals surface area contributed by atoms with Gasteiger partial charge in [-0.15, -0.1) is 0 Å². The molecular weight excluding hydrogens is 309 g/mol. The molecular formula is C15H17F3N4O. The molecule has 0 aromatic carbocycles. The second-order valence-electron chi connectivity index (χ2n) is 5.32. The van der Waals surface area contributed by atoms with Gasteiger partial charge >= 0.3 is 6.18 Å². The fourth-order valence-corrected chi connectivity index (χ4v) is 2.44. The molecule has 0 saturated heterocycles. The lowest BCUT2D eigenvalue weighted by atomic mass is 9.98. The number of nitrogens with one attached hydrogen (secondary N) is 1. The minimum absolute atomic E-state index is 0.129. The third-order valence-electron chi connectivity index (χ3n) is 3.68. The van der Waals surface area contributed by atoms with E-state index in [1.54, 1.807) is 25.6 Å². The van der Waals surface area contributed by atoms with Crippen molar-refractivity contribution < 1.29 is 18.0 Å². The first-order valence-electron chi connectivity index (χ1n) is 6.96. The summed E-state index contributed by atoms with van der Waals surface area (Å²) >= 11 is 0. The van der Waals surface area contributed by atoms with Crippen LogP contribution in [0.2, 0.25) is 0 Å². The SMILES string of the molecule is Cc1nn(C)c(C)c1[C@@H](C)C(=O)Nc1cccc(C(F)(F)F)n1. The number of anilines is 1. The van der Waals surface area contributed by atoms with Crippen LogP contribution in [0.15, 0.2) is 18.2 Å². The molecule has 23 heavy (non-hydrogen) atoms. The van der Waals surface area contributed by atoms with Gasteiger partial charge in [0.05, 0.1) is 11.6 Å². The van der Waals surface area contributed by atoms with Gasteiger partial charge in [0.2, 0.25) is 5.91 Å². The van der Waals surface area contributed by atoms with Gasteiger partial charge in [0.25, 0.3) is 0 Å². The molecule has 1 N–H and O–H groups in total. The van der Waals surface area contributed by atoms with E-state index >= 15 is 0 Å². The maximum atomic E-state index is 12.7. The molecule has 0 aliphatic rings. The Balaban J connectivity index is 2.22. The van der Waals surface area contributed by atoms with Crippen molar-refractivity contribution in [1.82, 2.24) is 14.8 Å². The molecule has 2 rings (SSSR count). The molecule has 1 amide bonds. The van der Waals surface area contributed by atoms with Gasteiger partial charge in [-0.3, -0.25) is 9.48 Å². The van der Waals surface area contributed by atoms with Gasteiger partial charge < -0.3 is 5.32 Å². The molecule has 0 unspecified atom stereocenters. The number of aryl methyl sites for hydroxylation is 2. The minimum Gasteiger partial charge on any atom is -0.310 e. The molecule has 2 heterocycles. The van der Waals surface area contributed by atoms with E-state index < -0.39 is 23.7 Å². The third kappa shape index (κ3) is 3.52. The van der Waals surface area contributed by atoms with Gasteiger partial charge in [0.1, 0.15) is 11.5 Å². The van der Waals surface area contributed by atoms with Crippen LogP contribution >= 0.6 is 0 Å². The van der Waals surface area contributed by atoms with E-state index in [1.165, 1.54) is 12.1 Å². The van der Waals surface area contributed by atoms with Crippen LogP contribution in [0.5, 0.6) is 0 Å². The third-order valence-corrected chi connectivity index (χ3v) is 3.68. The molecule has 1 atom stereocenters. The number of amides is 1. The highest BCUT2D eigenvalue weighted by molar-refractivity contribution is 5.95. The van der Waals surface area contributed by atoms with Gasteiger partial charge in [-0.2, -0.15) is 18.3 Å². The summed E-state index contributed by atoms with van der Waals surface area (Å²) in [7, 11) is 1.77. The van der Waals surface area contributed by atoms with Crippen LogP contribution in [0.1, 0.15) is 35.5 Å². The predicted molar refractivity (Wildman–Crippen MR) is 79.0 cm³/mol. The number of alkyl halides is 3. The Kier molecular flexibility index (Phi) is 4.44. The normalized spacial score (nSPS) is 13.0. The number of rotatable bonds is 3. The van der Waals surface area contributed by atoms with Crippen LogP contribution < -0.4 is 5.32 Å². The van der Waals surface area contributed by atoms with Crippen LogP contribution in [-0.2, 0) is 18.0 Å². The van der Waals surface area contributed by atoms with Crippen molar-refractivity contribution in [2.24, 2.45) is 7.05 Å². The summed E-state index contributed by atoms with van der Waals surface area (Å²) in [6.45, 7) is 5.30. The van der Waals surface area contributed by atoms with Crippen LogP contribution in [0.25, 0.3) is 0 Å². The van der Waals surface area contributed by atoms with E-state index in [4.69, 9.17) is 0 Å². The van der Waals surface area contributed by atoms with E-state index in [1.807, 2.05) is 6.92 Å². The fraction of sp³-hybridized carbons (Fsp3) is 0.400. The van der Waals surface area contributed by atoms with Gasteiger partial charge in [-0.05, 0) is 32.9 Å². The summed E-state index contributed by atoms with van der Waals surface area (Å²) in [4.78, 5) is 15.8. The van der Waals surface area contributed by atoms with E-state index in [-0.39, 0.29) is 5.82 Å². The van der Waals surface area contributed by atoms with Gasteiger partial charge in [0.15, 0.2) is 0 Å². The summed E-state index contributed by atoms with van der Waals surface area (Å²) in [6, 6.07) is 3.38. The van der Waals surface area contributed by atoms with Crippen LogP contribution in [0.3, 0.4) is 0 Å². The van der Waals surface area contributed by atoms with Crippen molar-refractivity contribution in [3.8, 4) is 0 Å². The van der Waals surface area contributed by atoms with Crippen LogP contribution in [0.4, 0.5) is 19.0 Å². The quantitative estimate of drug-likeness (QED) is 0.942. The zero-order chi connectivity index (χ0) is 17.4. The standard InChI is InChI=1S/C15H17F3N4O/c1-8(13-9(2)21-22(4)10(13)3)14(23)20-12-7-5-6-11(19-12)15(16,17)18/h5-8H,1-4H3,(H,19,20,23)/t8-/m1/s1. The Morgan fingerprint density at radius 2 is 1.96 bits per heavy atom. The van der Waals surface area contributed by atoms with Gasteiger partial charge in [0, 0.05) is 18.3 Å². The zero-order valence-electron chi connectivity index (χ0n) is 13.2. The lowest BCUT2D eigenvalue weighted by Gasteiger charge is -2.13. The number of aromatic nitrogens is 3. The average Bonchev–Trinajstić information content (AvgIpc) is 2.70. The zero-order valence-corrected chi connectivity index (χ0v) is 13.2. The number of carbonyl (C=O) groups is 1. The number of pyridine rings is 1. The van der Waals surface area contributed by atoms with Crippen molar-refractivity contribution in [2.75, 3.05) is 5.32 Å². The summed E-state index contributed by atoms with van der Waals surface area (Å²) in [5.74, 6) is -1.12. The summed E-state index contributed by atoms with van der Waals surface area (Å²) in [6.07, 6.45) is -4.55. The van der Waals surface area contributed by atoms with E-state index in [0.717, 1.165) is 17.3 Å². The number of hydrogen-bond acceptors (Lipinski definition) is 3. The van der Waals surface area contributed by atoms with Crippen molar-refractivity contribution in [3.05, 3.63) is 40.8 Å². The average molecular weight is 326 g/mol. The maximum absolute atomic E-state index is 12.7. The highest BCUT2D eigenvalue weighted by Crippen LogP contribution is 2.29. The second-order valence-corrected chi connectivity index (χ2v) is 5.32. The summed E-state index contributed by atoms with van der Waals surface area (Å²) < 4.78 is 39.6. The monoisotopic (exact) mass is 326 g/mol. The molecule has 2 aromatic heterocycles. The van der Waals surface area contributed by atoms with Crippen molar-refractivity contribution in [2.45, 2.75) is 32.9 Å². The van der Waals surface area contributed by atoms with Crippen LogP contribution in [-0.4, -0.2) is 20.7 Å². The molecule has 0 saturated carbocycles. The number of nitrogens with zero attached hydrogens (tertiary/aromatic N) is 3. The Hall–Kier alpha value is -2.38. The predicted octanol–water partition coefficient (Wildman–Crippen LogP) is 3.19. The topological polar surface area (TPSA) is 59.8 Å². The largest absolute Gasteiger partial charge is 0.433 e. The fourth-order valence-electron chi connectivity index (χ4n) is 2.44. The summed E-state index contributed by atoms with van der Waals surface area (Å²) in [5, 5.41) is 6.67. The molecule has 5 nitrogen and oxygen atoms in total. The number of carbonyl (C=O) groups excluding carboxylic acids is 1. The van der Waals surface area contributed by atoms with Gasteiger partial charge in [-0.25, -0.2) is 4.98 Å². The highest BCUT2D eigenvalue weighted by atomic mass is 19.4. The lowest BCUT2D eigenvalue weighted by molar-refractivity contribution is -0.141. The molecule has 0 fully saturated rings. The molecule has 2 aromatic rings. The lowest BCUT2D eigenvalue weighted by Crippen LogP contribution is -2.21. The van der Waals surface area contributed by atoms with E-state index in [2.05, 4.69) is 15.4 Å². The van der Waals surface area contributed by atoms with Crippen molar-refractivity contribution >= 4 is 11.7 Å². The molecule has 0 aliphatic carbocycles. The molecule has 0 spiro atoms.